The standard InChI is InChI=1S/C16H21N3S2.HI/c1-13-8-10-21-15(13)12-19-16(17-2)18-9-11-20-14-6-4-3-5-7-14;/h3-8,10H,9,11-12H2,1-2H3,(H2,17,18,19);1H. The second-order valence-electron chi connectivity index (χ2n) is 4.54. The molecule has 22 heavy (non-hydrogen) atoms. The monoisotopic (exact) mass is 447 g/mol. The number of hydrogen-bond donors (Lipinski definition) is 2. The summed E-state index contributed by atoms with van der Waals surface area (Å²) in [4.78, 5) is 6.91. The highest BCUT2D eigenvalue weighted by atomic mass is 127. The number of thiophene rings is 1. The van der Waals surface area contributed by atoms with Crippen molar-refractivity contribution >= 4 is 53.0 Å². The van der Waals surface area contributed by atoms with Gasteiger partial charge in [-0.05, 0) is 36.1 Å². The number of hydrogen-bond acceptors (Lipinski definition) is 3. The van der Waals surface area contributed by atoms with E-state index in [1.807, 2.05) is 17.8 Å². The number of nitrogens with one attached hydrogen (secondary N) is 2. The number of aryl methyl sites for hydroxylation is 1. The number of rotatable bonds is 6. The van der Waals surface area contributed by atoms with Crippen LogP contribution in [0.3, 0.4) is 0 Å². The quantitative estimate of drug-likeness (QED) is 0.230. The van der Waals surface area contributed by atoms with E-state index >= 15 is 0 Å². The first kappa shape index (κ1) is 19.3. The number of thioether (sulfide) groups is 1. The Kier molecular flexibility index (Phi) is 9.58. The molecule has 0 aliphatic heterocycles. The van der Waals surface area contributed by atoms with Crippen LogP contribution in [0.2, 0.25) is 0 Å². The molecule has 0 fully saturated rings. The molecule has 0 saturated carbocycles. The fraction of sp³-hybridized carbons (Fsp3) is 0.312. The van der Waals surface area contributed by atoms with Crippen LogP contribution in [-0.4, -0.2) is 25.3 Å². The van der Waals surface area contributed by atoms with Crippen LogP contribution < -0.4 is 10.6 Å². The van der Waals surface area contributed by atoms with E-state index in [4.69, 9.17) is 0 Å². The molecule has 2 rings (SSSR count). The molecule has 3 nitrogen and oxygen atoms in total. The smallest absolute Gasteiger partial charge is 0.191 e. The Morgan fingerprint density at radius 3 is 2.59 bits per heavy atom. The highest BCUT2D eigenvalue weighted by Crippen LogP contribution is 2.16. The maximum absolute atomic E-state index is 4.25. The molecule has 0 radical (unpaired) electrons. The lowest BCUT2D eigenvalue weighted by Crippen LogP contribution is -2.37. The molecule has 0 spiro atoms. The summed E-state index contributed by atoms with van der Waals surface area (Å²) in [6.45, 7) is 3.86. The van der Waals surface area contributed by atoms with E-state index in [9.17, 15) is 0 Å². The molecule has 2 aromatic rings. The van der Waals surface area contributed by atoms with Gasteiger partial charge in [-0.3, -0.25) is 4.99 Å². The number of guanidine groups is 1. The minimum absolute atomic E-state index is 0. The molecule has 2 N–H and O–H groups in total. The van der Waals surface area contributed by atoms with Crippen LogP contribution in [0, 0.1) is 6.92 Å². The molecule has 1 heterocycles. The summed E-state index contributed by atoms with van der Waals surface area (Å²) < 4.78 is 0. The van der Waals surface area contributed by atoms with E-state index in [2.05, 4.69) is 58.3 Å². The lowest BCUT2D eigenvalue weighted by atomic mass is 10.3. The molecule has 0 unspecified atom stereocenters. The summed E-state index contributed by atoms with van der Waals surface area (Å²) in [5, 5.41) is 8.82. The van der Waals surface area contributed by atoms with Gasteiger partial charge in [-0.1, -0.05) is 18.2 Å². The van der Waals surface area contributed by atoms with E-state index in [0.29, 0.717) is 0 Å². The Balaban J connectivity index is 0.00000242. The van der Waals surface area contributed by atoms with Crippen LogP contribution in [0.5, 0.6) is 0 Å². The lowest BCUT2D eigenvalue weighted by Gasteiger charge is -2.11. The minimum Gasteiger partial charge on any atom is -0.356 e. The summed E-state index contributed by atoms with van der Waals surface area (Å²) in [6, 6.07) is 12.6. The number of nitrogens with zero attached hydrogens (tertiary/aromatic N) is 1. The third-order valence-electron chi connectivity index (χ3n) is 3.01. The summed E-state index contributed by atoms with van der Waals surface area (Å²) in [7, 11) is 1.81. The van der Waals surface area contributed by atoms with Crippen LogP contribution >= 0.6 is 47.1 Å². The molecule has 0 aliphatic carbocycles. The first-order chi connectivity index (χ1) is 10.3. The molecular formula is C16H22IN3S2. The van der Waals surface area contributed by atoms with Crippen molar-refractivity contribution < 1.29 is 0 Å². The zero-order valence-corrected chi connectivity index (χ0v) is 16.8. The fourth-order valence-electron chi connectivity index (χ4n) is 1.82. The van der Waals surface area contributed by atoms with E-state index in [1.54, 1.807) is 18.4 Å². The third kappa shape index (κ3) is 6.58. The van der Waals surface area contributed by atoms with Crippen molar-refractivity contribution in [3.05, 3.63) is 52.2 Å². The molecule has 6 heteroatoms. The Labute approximate surface area is 158 Å². The number of aliphatic imine (C=N–C) groups is 1. The molecule has 0 aliphatic rings. The van der Waals surface area contributed by atoms with Crippen molar-refractivity contribution in [2.75, 3.05) is 19.3 Å². The summed E-state index contributed by atoms with van der Waals surface area (Å²) >= 11 is 3.63. The van der Waals surface area contributed by atoms with Gasteiger partial charge in [0.05, 0.1) is 6.54 Å². The van der Waals surface area contributed by atoms with Crippen molar-refractivity contribution in [2.45, 2.75) is 18.4 Å². The molecule has 0 saturated heterocycles. The second kappa shape index (κ2) is 10.9. The van der Waals surface area contributed by atoms with E-state index in [1.165, 1.54) is 15.3 Å². The average molecular weight is 447 g/mol. The maximum Gasteiger partial charge on any atom is 0.191 e. The van der Waals surface area contributed by atoms with Gasteiger partial charge in [-0.2, -0.15) is 0 Å². The molecule has 120 valence electrons. The molecule has 1 aromatic heterocycles. The summed E-state index contributed by atoms with van der Waals surface area (Å²) in [5.74, 6) is 1.87. The van der Waals surface area contributed by atoms with Crippen LogP contribution in [0.15, 0.2) is 51.7 Å². The summed E-state index contributed by atoms with van der Waals surface area (Å²) in [5.41, 5.74) is 1.34. The molecule has 0 amide bonds. The zero-order valence-electron chi connectivity index (χ0n) is 12.8. The van der Waals surface area contributed by atoms with Crippen LogP contribution in [0.1, 0.15) is 10.4 Å². The Bertz CT molecular complexity index is 570. The zero-order chi connectivity index (χ0) is 14.9. The van der Waals surface area contributed by atoms with Crippen molar-refractivity contribution in [1.29, 1.82) is 0 Å². The SMILES string of the molecule is CN=C(NCCSc1ccccc1)NCc1sccc1C.I. The van der Waals surface area contributed by atoms with E-state index in [-0.39, 0.29) is 24.0 Å². The third-order valence-corrected chi connectivity index (χ3v) is 5.05. The van der Waals surface area contributed by atoms with Gasteiger partial charge in [-0.25, -0.2) is 0 Å². The molecule has 0 atom stereocenters. The summed E-state index contributed by atoms with van der Waals surface area (Å²) in [6.07, 6.45) is 0. The van der Waals surface area contributed by atoms with E-state index < -0.39 is 0 Å². The average Bonchev–Trinajstić information content (AvgIpc) is 2.93. The first-order valence-corrected chi connectivity index (χ1v) is 8.81. The lowest BCUT2D eigenvalue weighted by molar-refractivity contribution is 0.838. The Morgan fingerprint density at radius 1 is 1.18 bits per heavy atom. The van der Waals surface area contributed by atoms with Gasteiger partial charge >= 0.3 is 0 Å². The molecular weight excluding hydrogens is 425 g/mol. The molecule has 0 bridgehead atoms. The normalized spacial score (nSPS) is 10.9. The highest BCUT2D eigenvalue weighted by molar-refractivity contribution is 14.0. The van der Waals surface area contributed by atoms with Gasteiger partial charge in [-0.15, -0.1) is 47.1 Å². The number of benzene rings is 1. The predicted octanol–water partition coefficient (Wildman–Crippen LogP) is 4.13. The largest absolute Gasteiger partial charge is 0.356 e. The van der Waals surface area contributed by atoms with Gasteiger partial charge in [0.25, 0.3) is 0 Å². The van der Waals surface area contributed by atoms with Crippen LogP contribution in [0.25, 0.3) is 0 Å². The van der Waals surface area contributed by atoms with Crippen molar-refractivity contribution in [3.63, 3.8) is 0 Å². The van der Waals surface area contributed by atoms with Crippen LogP contribution in [-0.2, 0) is 6.54 Å². The van der Waals surface area contributed by atoms with Crippen molar-refractivity contribution in [2.24, 2.45) is 4.99 Å². The fourth-order valence-corrected chi connectivity index (χ4v) is 3.46. The first-order valence-electron chi connectivity index (χ1n) is 6.95. The maximum atomic E-state index is 4.25. The predicted molar refractivity (Wildman–Crippen MR) is 110 cm³/mol. The Hall–Kier alpha value is -0.730. The van der Waals surface area contributed by atoms with Gasteiger partial charge in [0.1, 0.15) is 0 Å². The van der Waals surface area contributed by atoms with Crippen LogP contribution in [0.4, 0.5) is 0 Å². The topological polar surface area (TPSA) is 36.4 Å². The van der Waals surface area contributed by atoms with Gasteiger partial charge in [0.2, 0.25) is 0 Å². The second-order valence-corrected chi connectivity index (χ2v) is 6.71. The Morgan fingerprint density at radius 2 is 1.95 bits per heavy atom. The van der Waals surface area contributed by atoms with Crippen molar-refractivity contribution in [1.82, 2.24) is 10.6 Å². The van der Waals surface area contributed by atoms with Gasteiger partial charge in [0, 0.05) is 29.1 Å². The van der Waals surface area contributed by atoms with Crippen molar-refractivity contribution in [3.8, 4) is 0 Å². The van der Waals surface area contributed by atoms with E-state index in [0.717, 1.165) is 24.8 Å². The highest BCUT2D eigenvalue weighted by Gasteiger charge is 2.02. The molecule has 1 aromatic carbocycles. The number of halogens is 1. The van der Waals surface area contributed by atoms with Gasteiger partial charge in [0.15, 0.2) is 5.96 Å². The van der Waals surface area contributed by atoms with Gasteiger partial charge < -0.3 is 10.6 Å². The minimum atomic E-state index is 0.